The summed E-state index contributed by atoms with van der Waals surface area (Å²) in [6.07, 6.45) is 1.66. The number of anilines is 1. The SMILES string of the molecule is CC(C)Oc1cc(NC(=O)c2cccc(S(=O)(=O)N3CCCC3C)c2)[nH]n1. The topological polar surface area (TPSA) is 104 Å². The van der Waals surface area contributed by atoms with Gasteiger partial charge in [-0.2, -0.15) is 4.31 Å². The lowest BCUT2D eigenvalue weighted by Crippen LogP contribution is -2.33. The Balaban J connectivity index is 1.77. The van der Waals surface area contributed by atoms with E-state index in [2.05, 4.69) is 15.5 Å². The molecule has 1 aromatic carbocycles. The molecule has 1 atom stereocenters. The molecule has 8 nitrogen and oxygen atoms in total. The number of sulfonamides is 1. The Bertz CT molecular complexity index is 923. The van der Waals surface area contributed by atoms with Crippen molar-refractivity contribution >= 4 is 21.7 Å². The van der Waals surface area contributed by atoms with E-state index in [0.29, 0.717) is 18.2 Å². The third kappa shape index (κ3) is 4.30. The first-order chi connectivity index (χ1) is 12.8. The van der Waals surface area contributed by atoms with Gasteiger partial charge >= 0.3 is 0 Å². The number of H-pyrrole nitrogens is 1. The van der Waals surface area contributed by atoms with Crippen LogP contribution in [-0.2, 0) is 10.0 Å². The van der Waals surface area contributed by atoms with E-state index in [-0.39, 0.29) is 22.6 Å². The summed E-state index contributed by atoms with van der Waals surface area (Å²) < 4.78 is 32.6. The summed E-state index contributed by atoms with van der Waals surface area (Å²) in [5, 5.41) is 9.29. The highest BCUT2D eigenvalue weighted by Crippen LogP contribution is 2.26. The summed E-state index contributed by atoms with van der Waals surface area (Å²) >= 11 is 0. The number of benzene rings is 1. The van der Waals surface area contributed by atoms with Gasteiger partial charge in [0.1, 0.15) is 5.82 Å². The van der Waals surface area contributed by atoms with Gasteiger partial charge in [-0.15, -0.1) is 5.10 Å². The molecule has 27 heavy (non-hydrogen) atoms. The van der Waals surface area contributed by atoms with Crippen LogP contribution in [0.5, 0.6) is 5.88 Å². The van der Waals surface area contributed by atoms with Gasteiger partial charge in [0.25, 0.3) is 5.91 Å². The van der Waals surface area contributed by atoms with Crippen molar-refractivity contribution in [3.8, 4) is 5.88 Å². The summed E-state index contributed by atoms with van der Waals surface area (Å²) in [5.74, 6) is 0.318. The number of hydrogen-bond donors (Lipinski definition) is 2. The second kappa shape index (κ2) is 7.69. The molecule has 2 N–H and O–H groups in total. The molecule has 1 amide bonds. The van der Waals surface area contributed by atoms with E-state index < -0.39 is 15.9 Å². The van der Waals surface area contributed by atoms with Crippen LogP contribution in [0.4, 0.5) is 5.82 Å². The summed E-state index contributed by atoms with van der Waals surface area (Å²) in [5.41, 5.74) is 0.254. The highest BCUT2D eigenvalue weighted by Gasteiger charge is 2.32. The zero-order valence-electron chi connectivity index (χ0n) is 15.6. The zero-order chi connectivity index (χ0) is 19.6. The van der Waals surface area contributed by atoms with Crippen LogP contribution in [0.1, 0.15) is 44.0 Å². The van der Waals surface area contributed by atoms with Gasteiger partial charge < -0.3 is 10.1 Å². The fraction of sp³-hybridized carbons (Fsp3) is 0.444. The minimum Gasteiger partial charge on any atom is -0.474 e. The summed E-state index contributed by atoms with van der Waals surface area (Å²) in [6, 6.07) is 7.60. The number of nitrogens with zero attached hydrogens (tertiary/aromatic N) is 2. The van der Waals surface area contributed by atoms with E-state index in [9.17, 15) is 13.2 Å². The van der Waals surface area contributed by atoms with Crippen LogP contribution >= 0.6 is 0 Å². The third-order valence-electron chi connectivity index (χ3n) is 4.35. The number of aromatic amines is 1. The molecule has 0 spiro atoms. The van der Waals surface area contributed by atoms with E-state index >= 15 is 0 Å². The first-order valence-electron chi connectivity index (χ1n) is 8.92. The molecule has 1 fully saturated rings. The highest BCUT2D eigenvalue weighted by molar-refractivity contribution is 7.89. The van der Waals surface area contributed by atoms with Crippen LogP contribution in [0.2, 0.25) is 0 Å². The van der Waals surface area contributed by atoms with Gasteiger partial charge in [-0.3, -0.25) is 9.89 Å². The van der Waals surface area contributed by atoms with E-state index in [1.54, 1.807) is 18.2 Å². The lowest BCUT2D eigenvalue weighted by Gasteiger charge is -2.21. The second-order valence-electron chi connectivity index (χ2n) is 6.88. The zero-order valence-corrected chi connectivity index (χ0v) is 16.4. The molecule has 0 radical (unpaired) electrons. The van der Waals surface area contributed by atoms with Crippen LogP contribution in [0.25, 0.3) is 0 Å². The molecule has 0 saturated carbocycles. The van der Waals surface area contributed by atoms with Crippen molar-refractivity contribution in [2.75, 3.05) is 11.9 Å². The Morgan fingerprint density at radius 2 is 2.15 bits per heavy atom. The normalized spacial score (nSPS) is 18.0. The summed E-state index contributed by atoms with van der Waals surface area (Å²) in [6.45, 7) is 6.16. The molecular weight excluding hydrogens is 368 g/mol. The molecule has 1 aliphatic heterocycles. The number of aromatic nitrogens is 2. The van der Waals surface area contributed by atoms with Crippen LogP contribution in [0, 0.1) is 0 Å². The van der Waals surface area contributed by atoms with Gasteiger partial charge in [0, 0.05) is 24.2 Å². The van der Waals surface area contributed by atoms with Crippen LogP contribution in [-0.4, -0.2) is 47.5 Å². The van der Waals surface area contributed by atoms with Gasteiger partial charge in [0.15, 0.2) is 0 Å². The van der Waals surface area contributed by atoms with Gasteiger partial charge in [0.2, 0.25) is 15.9 Å². The molecule has 2 heterocycles. The monoisotopic (exact) mass is 392 g/mol. The van der Waals surface area contributed by atoms with E-state index in [1.807, 2.05) is 20.8 Å². The molecule has 9 heteroatoms. The Morgan fingerprint density at radius 3 is 2.81 bits per heavy atom. The Labute approximate surface area is 159 Å². The smallest absolute Gasteiger partial charge is 0.256 e. The highest BCUT2D eigenvalue weighted by atomic mass is 32.2. The van der Waals surface area contributed by atoms with Crippen molar-refractivity contribution in [2.45, 2.75) is 50.7 Å². The van der Waals surface area contributed by atoms with Crippen molar-refractivity contribution in [1.29, 1.82) is 0 Å². The molecule has 146 valence electrons. The number of hydrogen-bond acceptors (Lipinski definition) is 5. The maximum atomic E-state index is 12.8. The van der Waals surface area contributed by atoms with Gasteiger partial charge in [-0.1, -0.05) is 6.07 Å². The largest absolute Gasteiger partial charge is 0.474 e. The predicted molar refractivity (Wildman–Crippen MR) is 101 cm³/mol. The maximum absolute atomic E-state index is 12.8. The average Bonchev–Trinajstić information content (AvgIpc) is 3.23. The Morgan fingerprint density at radius 1 is 1.37 bits per heavy atom. The van der Waals surface area contributed by atoms with Gasteiger partial charge in [0.05, 0.1) is 11.0 Å². The molecule has 0 bridgehead atoms. The number of carbonyl (C=O) groups excluding carboxylic acids is 1. The third-order valence-corrected chi connectivity index (χ3v) is 6.36. The second-order valence-corrected chi connectivity index (χ2v) is 8.77. The molecule has 1 aliphatic rings. The molecule has 3 rings (SSSR count). The lowest BCUT2D eigenvalue weighted by molar-refractivity contribution is 0.102. The van der Waals surface area contributed by atoms with Crippen molar-refractivity contribution in [3.63, 3.8) is 0 Å². The minimum atomic E-state index is -3.61. The molecule has 1 unspecified atom stereocenters. The number of carbonyl (C=O) groups is 1. The van der Waals surface area contributed by atoms with E-state index in [0.717, 1.165) is 12.8 Å². The van der Waals surface area contributed by atoms with Crippen molar-refractivity contribution in [3.05, 3.63) is 35.9 Å². The van der Waals surface area contributed by atoms with Crippen LogP contribution in [0.15, 0.2) is 35.2 Å². The number of nitrogens with one attached hydrogen (secondary N) is 2. The number of amides is 1. The molecule has 1 saturated heterocycles. The molecule has 0 aliphatic carbocycles. The standard InChI is InChI=1S/C18H24N4O4S/c1-12(2)26-17-11-16(20-21-17)19-18(23)14-7-4-8-15(10-14)27(24,25)22-9-5-6-13(22)3/h4,7-8,10-13H,5-6,9H2,1-3H3,(H2,19,20,21,23). The molecule has 2 aromatic rings. The Hall–Kier alpha value is -2.39. The number of rotatable bonds is 6. The first kappa shape index (κ1) is 19.4. The molecular formula is C18H24N4O4S. The van der Waals surface area contributed by atoms with E-state index in [4.69, 9.17) is 4.74 Å². The fourth-order valence-corrected chi connectivity index (χ4v) is 4.81. The average molecular weight is 392 g/mol. The quantitative estimate of drug-likeness (QED) is 0.786. The van der Waals surface area contributed by atoms with E-state index in [1.165, 1.54) is 16.4 Å². The van der Waals surface area contributed by atoms with Crippen LogP contribution in [0.3, 0.4) is 0 Å². The minimum absolute atomic E-state index is 0.0307. The maximum Gasteiger partial charge on any atom is 0.256 e. The summed E-state index contributed by atoms with van der Waals surface area (Å²) in [4.78, 5) is 12.6. The van der Waals surface area contributed by atoms with Gasteiger partial charge in [-0.05, 0) is 51.8 Å². The lowest BCUT2D eigenvalue weighted by atomic mass is 10.2. The van der Waals surface area contributed by atoms with Crippen molar-refractivity contribution in [1.82, 2.24) is 14.5 Å². The van der Waals surface area contributed by atoms with Crippen molar-refractivity contribution < 1.29 is 17.9 Å². The Kier molecular flexibility index (Phi) is 5.52. The van der Waals surface area contributed by atoms with Crippen molar-refractivity contribution in [2.24, 2.45) is 0 Å². The van der Waals surface area contributed by atoms with Crippen LogP contribution < -0.4 is 10.1 Å². The summed E-state index contributed by atoms with van der Waals surface area (Å²) in [7, 11) is -3.61. The predicted octanol–water partition coefficient (Wildman–Crippen LogP) is 2.62. The fourth-order valence-electron chi connectivity index (χ4n) is 3.06. The first-order valence-corrected chi connectivity index (χ1v) is 10.4. The van der Waals surface area contributed by atoms with Gasteiger partial charge in [-0.25, -0.2) is 8.42 Å². The number of ether oxygens (including phenoxy) is 1. The molecule has 1 aromatic heterocycles.